The lowest BCUT2D eigenvalue weighted by molar-refractivity contribution is -0.131. The third-order valence-corrected chi connectivity index (χ3v) is 1.27. The average molecular weight is 190 g/mol. The van der Waals surface area contributed by atoms with Gasteiger partial charge in [0.15, 0.2) is 0 Å². The molecule has 0 aromatic heterocycles. The molecular weight excluding hydrogens is 176 g/mol. The van der Waals surface area contributed by atoms with Crippen LogP contribution in [0, 0.1) is 11.8 Å². The Labute approximate surface area is 84.6 Å². The van der Waals surface area contributed by atoms with Gasteiger partial charge in [0.2, 0.25) is 0 Å². The lowest BCUT2D eigenvalue weighted by atomic mass is 10.3. The number of rotatable bonds is 4. The maximum Gasteiger partial charge on any atom is 0.328 e. The average Bonchev–Trinajstić information content (AvgIpc) is 2.15. The highest BCUT2D eigenvalue weighted by Crippen LogP contribution is 1.89. The number of hydrogen-bond acceptors (Lipinski definition) is 1. The van der Waals surface area contributed by atoms with Gasteiger partial charge in [-0.15, -0.1) is 0 Å². The summed E-state index contributed by atoms with van der Waals surface area (Å²) in [4.78, 5) is 10.1. The molecule has 0 fully saturated rings. The van der Waals surface area contributed by atoms with Crippen LogP contribution in [0.25, 0.3) is 0 Å². The summed E-state index contributed by atoms with van der Waals surface area (Å²) >= 11 is 0. The zero-order valence-electron chi connectivity index (χ0n) is 8.23. The van der Waals surface area contributed by atoms with Gasteiger partial charge in [0.25, 0.3) is 0 Å². The second-order valence-electron chi connectivity index (χ2n) is 2.49. The molecule has 0 aromatic rings. The summed E-state index contributed by atoms with van der Waals surface area (Å²) in [5.41, 5.74) is 0. The van der Waals surface area contributed by atoms with Gasteiger partial charge in [-0.3, -0.25) is 0 Å². The molecule has 0 spiro atoms. The molecule has 0 atom stereocenters. The Kier molecular flexibility index (Phi) is 8.17. The summed E-state index contributed by atoms with van der Waals surface area (Å²) in [5.74, 6) is 4.90. The molecule has 14 heavy (non-hydrogen) atoms. The molecule has 0 amide bonds. The fourth-order valence-corrected chi connectivity index (χ4v) is 0.683. The second-order valence-corrected chi connectivity index (χ2v) is 2.49. The van der Waals surface area contributed by atoms with E-state index in [9.17, 15) is 4.79 Å². The van der Waals surface area contributed by atoms with Crippen LogP contribution in [0.4, 0.5) is 0 Å². The van der Waals surface area contributed by atoms with Gasteiger partial charge in [0, 0.05) is 12.5 Å². The van der Waals surface area contributed by atoms with Crippen molar-refractivity contribution in [1.82, 2.24) is 0 Å². The Hall–Kier alpha value is -1.75. The Morgan fingerprint density at radius 3 is 2.86 bits per heavy atom. The molecule has 0 unspecified atom stereocenters. The van der Waals surface area contributed by atoms with Crippen LogP contribution in [0.3, 0.4) is 0 Å². The Bertz CT molecular complexity index is 298. The van der Waals surface area contributed by atoms with Gasteiger partial charge in [-0.2, -0.15) is 0 Å². The predicted molar refractivity (Wildman–Crippen MR) is 57.7 cm³/mol. The summed E-state index contributed by atoms with van der Waals surface area (Å²) in [6.07, 6.45) is 11.5. The number of carboxylic acids is 1. The van der Waals surface area contributed by atoms with E-state index in [1.54, 1.807) is 12.2 Å². The second kappa shape index (κ2) is 9.34. The maximum atomic E-state index is 10.1. The van der Waals surface area contributed by atoms with E-state index in [2.05, 4.69) is 11.8 Å². The van der Waals surface area contributed by atoms with E-state index in [0.717, 1.165) is 18.9 Å². The van der Waals surface area contributed by atoms with Crippen LogP contribution in [0.15, 0.2) is 36.5 Å². The van der Waals surface area contributed by atoms with Crippen LogP contribution in [-0.4, -0.2) is 11.1 Å². The van der Waals surface area contributed by atoms with E-state index in [1.165, 1.54) is 6.08 Å². The summed E-state index contributed by atoms with van der Waals surface area (Å²) in [5, 5.41) is 8.26. The molecule has 1 N–H and O–H groups in total. The minimum atomic E-state index is -0.928. The third-order valence-electron chi connectivity index (χ3n) is 1.27. The monoisotopic (exact) mass is 190 g/mol. The minimum Gasteiger partial charge on any atom is -0.478 e. The molecule has 0 radical (unpaired) electrons. The number of carboxylic acid groups (broad SMARTS) is 1. The first-order chi connectivity index (χ1) is 6.77. The van der Waals surface area contributed by atoms with Gasteiger partial charge in [-0.1, -0.05) is 36.1 Å². The van der Waals surface area contributed by atoms with Crippen LogP contribution in [-0.2, 0) is 4.79 Å². The van der Waals surface area contributed by atoms with E-state index in [4.69, 9.17) is 5.11 Å². The summed E-state index contributed by atoms with van der Waals surface area (Å²) < 4.78 is 0. The quantitative estimate of drug-likeness (QED) is 0.320. The van der Waals surface area contributed by atoms with Gasteiger partial charge >= 0.3 is 5.97 Å². The van der Waals surface area contributed by atoms with Crippen molar-refractivity contribution in [1.29, 1.82) is 0 Å². The first-order valence-electron chi connectivity index (χ1n) is 4.43. The number of carbonyl (C=O) groups is 1. The van der Waals surface area contributed by atoms with Crippen molar-refractivity contribution in [2.45, 2.75) is 19.8 Å². The van der Waals surface area contributed by atoms with Crippen LogP contribution >= 0.6 is 0 Å². The lowest BCUT2D eigenvalue weighted by Crippen LogP contribution is -1.84. The molecule has 0 rings (SSSR count). The SMILES string of the molecule is C/C=C/C#CCC/C=C/C=C/C(=O)O. The van der Waals surface area contributed by atoms with Crippen LogP contribution in [0.2, 0.25) is 0 Å². The van der Waals surface area contributed by atoms with Crippen molar-refractivity contribution in [3.05, 3.63) is 36.5 Å². The summed E-state index contributed by atoms with van der Waals surface area (Å²) in [6, 6.07) is 0. The molecule has 0 saturated carbocycles. The van der Waals surface area contributed by atoms with E-state index in [-0.39, 0.29) is 0 Å². The molecule has 74 valence electrons. The van der Waals surface area contributed by atoms with E-state index in [1.807, 2.05) is 19.1 Å². The highest BCUT2D eigenvalue weighted by Gasteiger charge is 1.80. The molecule has 0 aliphatic rings. The molecule has 2 nitrogen and oxygen atoms in total. The number of hydrogen-bond donors (Lipinski definition) is 1. The van der Waals surface area contributed by atoms with Crippen LogP contribution in [0.1, 0.15) is 19.8 Å². The van der Waals surface area contributed by atoms with E-state index >= 15 is 0 Å². The fraction of sp³-hybridized carbons (Fsp3) is 0.250. The Morgan fingerprint density at radius 1 is 1.43 bits per heavy atom. The standard InChI is InChI=1S/C12H14O2/c1-2-3-4-5-6-7-8-9-10-11-12(13)14/h2-3,8-11H,6-7H2,1H3,(H,13,14)/b3-2+,9-8+,11-10+. The molecule has 0 saturated heterocycles. The van der Waals surface area contributed by atoms with Gasteiger partial charge in [0.1, 0.15) is 0 Å². The van der Waals surface area contributed by atoms with Gasteiger partial charge in [0.05, 0.1) is 0 Å². The Morgan fingerprint density at radius 2 is 2.21 bits per heavy atom. The van der Waals surface area contributed by atoms with Gasteiger partial charge < -0.3 is 5.11 Å². The van der Waals surface area contributed by atoms with Crippen LogP contribution in [0.5, 0.6) is 0 Å². The lowest BCUT2D eigenvalue weighted by Gasteiger charge is -1.80. The fourth-order valence-electron chi connectivity index (χ4n) is 0.683. The molecule has 0 aliphatic heterocycles. The summed E-state index contributed by atoms with van der Waals surface area (Å²) in [7, 11) is 0. The van der Waals surface area contributed by atoms with Crippen molar-refractivity contribution in [3.8, 4) is 11.8 Å². The normalized spacial score (nSPS) is 10.9. The minimum absolute atomic E-state index is 0.793. The van der Waals surface area contributed by atoms with Crippen LogP contribution < -0.4 is 0 Å². The van der Waals surface area contributed by atoms with Crippen molar-refractivity contribution >= 4 is 5.97 Å². The first-order valence-corrected chi connectivity index (χ1v) is 4.43. The molecule has 0 aliphatic carbocycles. The van der Waals surface area contributed by atoms with Crippen molar-refractivity contribution in [3.63, 3.8) is 0 Å². The zero-order valence-corrected chi connectivity index (χ0v) is 8.23. The van der Waals surface area contributed by atoms with Crippen molar-refractivity contribution in [2.24, 2.45) is 0 Å². The molecular formula is C12H14O2. The molecule has 0 bridgehead atoms. The maximum absolute atomic E-state index is 10.1. The largest absolute Gasteiger partial charge is 0.478 e. The van der Waals surface area contributed by atoms with Crippen molar-refractivity contribution < 1.29 is 9.90 Å². The van der Waals surface area contributed by atoms with E-state index < -0.39 is 5.97 Å². The number of allylic oxidation sites excluding steroid dienone is 5. The highest BCUT2D eigenvalue weighted by molar-refractivity contribution is 5.80. The number of unbranched alkanes of at least 4 members (excludes halogenated alkanes) is 1. The summed E-state index contributed by atoms with van der Waals surface area (Å²) in [6.45, 7) is 1.92. The molecule has 0 aromatic carbocycles. The molecule has 0 heterocycles. The third kappa shape index (κ3) is 10.2. The van der Waals surface area contributed by atoms with Crippen molar-refractivity contribution in [2.75, 3.05) is 0 Å². The topological polar surface area (TPSA) is 37.3 Å². The first kappa shape index (κ1) is 12.2. The predicted octanol–water partition coefficient (Wildman–Crippen LogP) is 2.54. The zero-order chi connectivity index (χ0) is 10.6. The highest BCUT2D eigenvalue weighted by atomic mass is 16.4. The van der Waals surface area contributed by atoms with E-state index in [0.29, 0.717) is 0 Å². The number of aliphatic carboxylic acids is 1. The Balaban J connectivity index is 3.56. The molecule has 2 heteroatoms. The smallest absolute Gasteiger partial charge is 0.328 e. The van der Waals surface area contributed by atoms with Gasteiger partial charge in [-0.05, 0) is 19.4 Å². The van der Waals surface area contributed by atoms with Gasteiger partial charge in [-0.25, -0.2) is 4.79 Å².